The lowest BCUT2D eigenvalue weighted by atomic mass is 10.1. The lowest BCUT2D eigenvalue weighted by Gasteiger charge is -2.03. The van der Waals surface area contributed by atoms with Crippen LogP contribution in [-0.4, -0.2) is 0 Å². The number of nitrogens with zero attached hydrogens (tertiary/aromatic N) is 1. The first-order valence-corrected chi connectivity index (χ1v) is 5.54. The van der Waals surface area contributed by atoms with E-state index >= 15 is 0 Å². The number of benzene rings is 2. The molecule has 0 spiro atoms. The molecule has 0 saturated carbocycles. The number of rotatable bonds is 2. The summed E-state index contributed by atoms with van der Waals surface area (Å²) in [6, 6.07) is 14.5. The molecule has 0 unspecified atom stereocenters. The number of halogens is 1. The molecule has 0 atom stereocenters. The monoisotopic (exact) mass is 229 g/mol. The molecule has 0 fully saturated rings. The Morgan fingerprint density at radius 1 is 1.00 bits per heavy atom. The smallest absolute Gasteiger partial charge is 0.138 e. The second kappa shape index (κ2) is 4.82. The van der Waals surface area contributed by atoms with E-state index in [4.69, 9.17) is 5.26 Å². The molecule has 0 bridgehead atoms. The molecule has 16 heavy (non-hydrogen) atoms. The van der Waals surface area contributed by atoms with Gasteiger partial charge in [-0.05, 0) is 35.0 Å². The predicted octanol–water partition coefficient (Wildman–Crippen LogP) is 4.07. The van der Waals surface area contributed by atoms with Crippen LogP contribution < -0.4 is 0 Å². The predicted molar refractivity (Wildman–Crippen MR) is 63.3 cm³/mol. The summed E-state index contributed by atoms with van der Waals surface area (Å²) in [5.41, 5.74) is 1.79. The molecule has 2 rings (SSSR count). The Balaban J connectivity index is 2.39. The minimum Gasteiger partial charge on any atom is -0.206 e. The quantitative estimate of drug-likeness (QED) is 0.572. The van der Waals surface area contributed by atoms with Gasteiger partial charge in [-0.1, -0.05) is 36.4 Å². The van der Waals surface area contributed by atoms with Gasteiger partial charge in [-0.25, -0.2) is 4.39 Å². The number of hydrogen-bond acceptors (Lipinski definition) is 2. The Morgan fingerprint density at radius 2 is 1.75 bits per heavy atom. The van der Waals surface area contributed by atoms with Crippen molar-refractivity contribution in [3.8, 4) is 16.5 Å². The second-order valence-electron chi connectivity index (χ2n) is 3.20. The van der Waals surface area contributed by atoms with E-state index < -0.39 is 0 Å². The maximum atomic E-state index is 13.6. The first-order valence-electron chi connectivity index (χ1n) is 4.72. The van der Waals surface area contributed by atoms with Crippen LogP contribution in [0.3, 0.4) is 0 Å². The second-order valence-corrected chi connectivity index (χ2v) is 4.03. The molecule has 0 aliphatic rings. The molecule has 0 radical (unpaired) electrons. The highest BCUT2D eigenvalue weighted by Crippen LogP contribution is 2.26. The summed E-state index contributed by atoms with van der Waals surface area (Å²) in [7, 11) is 0. The van der Waals surface area contributed by atoms with E-state index in [0.717, 1.165) is 22.9 Å². The van der Waals surface area contributed by atoms with Crippen LogP contribution in [0.2, 0.25) is 0 Å². The standard InChI is InChI=1S/C13H8FNS/c14-12-8-11(6-7-13(12)16-9-15)10-4-2-1-3-5-10/h1-8H. The van der Waals surface area contributed by atoms with Crippen LogP contribution in [-0.2, 0) is 0 Å². The Morgan fingerprint density at radius 3 is 2.38 bits per heavy atom. The summed E-state index contributed by atoms with van der Waals surface area (Å²) in [4.78, 5) is 0.363. The van der Waals surface area contributed by atoms with Crippen molar-refractivity contribution in [2.45, 2.75) is 4.90 Å². The molecule has 0 aliphatic heterocycles. The van der Waals surface area contributed by atoms with Gasteiger partial charge in [-0.3, -0.25) is 0 Å². The molecule has 0 amide bonds. The summed E-state index contributed by atoms with van der Waals surface area (Å²) in [5, 5.41) is 10.3. The summed E-state index contributed by atoms with van der Waals surface area (Å²) >= 11 is 0.836. The summed E-state index contributed by atoms with van der Waals surface area (Å²) in [6.07, 6.45) is 0. The van der Waals surface area contributed by atoms with Crippen molar-refractivity contribution in [2.75, 3.05) is 0 Å². The van der Waals surface area contributed by atoms with Gasteiger partial charge in [0.15, 0.2) is 0 Å². The van der Waals surface area contributed by atoms with Crippen LogP contribution in [0.1, 0.15) is 0 Å². The molecule has 1 nitrogen and oxygen atoms in total. The molecular formula is C13H8FNS. The summed E-state index contributed by atoms with van der Waals surface area (Å²) in [6.45, 7) is 0. The zero-order valence-corrected chi connectivity index (χ0v) is 9.17. The highest BCUT2D eigenvalue weighted by atomic mass is 32.2. The third kappa shape index (κ3) is 2.23. The van der Waals surface area contributed by atoms with Crippen LogP contribution >= 0.6 is 11.8 Å². The van der Waals surface area contributed by atoms with Crippen LogP contribution in [0.5, 0.6) is 0 Å². The number of thioether (sulfide) groups is 1. The maximum absolute atomic E-state index is 13.6. The van der Waals surface area contributed by atoms with Crippen molar-refractivity contribution >= 4 is 11.8 Å². The van der Waals surface area contributed by atoms with E-state index in [1.165, 1.54) is 6.07 Å². The number of nitriles is 1. The molecule has 3 heteroatoms. The molecule has 0 saturated heterocycles. The Hall–Kier alpha value is -1.79. The van der Waals surface area contributed by atoms with Gasteiger partial charge in [-0.2, -0.15) is 5.26 Å². The van der Waals surface area contributed by atoms with Gasteiger partial charge >= 0.3 is 0 Å². The maximum Gasteiger partial charge on any atom is 0.138 e. The van der Waals surface area contributed by atoms with E-state index in [9.17, 15) is 4.39 Å². The van der Waals surface area contributed by atoms with Crippen molar-refractivity contribution in [3.05, 3.63) is 54.3 Å². The van der Waals surface area contributed by atoms with Crippen LogP contribution in [0.15, 0.2) is 53.4 Å². The largest absolute Gasteiger partial charge is 0.206 e. The van der Waals surface area contributed by atoms with Crippen molar-refractivity contribution in [3.63, 3.8) is 0 Å². The minimum atomic E-state index is -0.354. The summed E-state index contributed by atoms with van der Waals surface area (Å²) in [5.74, 6) is -0.354. The van der Waals surface area contributed by atoms with Gasteiger partial charge in [-0.15, -0.1) is 0 Å². The van der Waals surface area contributed by atoms with Crippen LogP contribution in [0.4, 0.5) is 4.39 Å². The zero-order valence-electron chi connectivity index (χ0n) is 8.35. The minimum absolute atomic E-state index is 0.354. The SMILES string of the molecule is N#CSc1ccc(-c2ccccc2)cc1F. The van der Waals surface area contributed by atoms with E-state index in [1.54, 1.807) is 6.07 Å². The van der Waals surface area contributed by atoms with Gasteiger partial charge < -0.3 is 0 Å². The highest BCUT2D eigenvalue weighted by Gasteiger charge is 2.04. The van der Waals surface area contributed by atoms with E-state index in [-0.39, 0.29) is 5.82 Å². The molecule has 0 heterocycles. The average molecular weight is 229 g/mol. The van der Waals surface area contributed by atoms with Crippen molar-refractivity contribution < 1.29 is 4.39 Å². The third-order valence-electron chi connectivity index (χ3n) is 2.19. The van der Waals surface area contributed by atoms with Crippen molar-refractivity contribution in [1.29, 1.82) is 5.26 Å². The molecule has 2 aromatic carbocycles. The topological polar surface area (TPSA) is 23.8 Å². The fourth-order valence-electron chi connectivity index (χ4n) is 1.44. The van der Waals surface area contributed by atoms with Gasteiger partial charge in [0.1, 0.15) is 11.2 Å². The molecule has 0 aliphatic carbocycles. The fraction of sp³-hybridized carbons (Fsp3) is 0. The number of hydrogen-bond donors (Lipinski definition) is 0. The Bertz CT molecular complexity index is 531. The van der Waals surface area contributed by atoms with Crippen LogP contribution in [0, 0.1) is 16.5 Å². The van der Waals surface area contributed by atoms with Crippen LogP contribution in [0.25, 0.3) is 11.1 Å². The van der Waals surface area contributed by atoms with Gasteiger partial charge in [0.2, 0.25) is 0 Å². The average Bonchev–Trinajstić information content (AvgIpc) is 2.33. The lowest BCUT2D eigenvalue weighted by molar-refractivity contribution is 0.603. The summed E-state index contributed by atoms with van der Waals surface area (Å²) < 4.78 is 13.6. The Labute approximate surface area is 97.5 Å². The normalized spacial score (nSPS) is 9.75. The van der Waals surface area contributed by atoms with Gasteiger partial charge in [0.25, 0.3) is 0 Å². The number of thiocyanates is 1. The first-order chi connectivity index (χ1) is 7.81. The van der Waals surface area contributed by atoms with Gasteiger partial charge in [0, 0.05) is 0 Å². The first kappa shape index (κ1) is 10.7. The van der Waals surface area contributed by atoms with Gasteiger partial charge in [0.05, 0.1) is 4.90 Å². The van der Waals surface area contributed by atoms with Crippen molar-refractivity contribution in [2.24, 2.45) is 0 Å². The molecule has 78 valence electrons. The molecular weight excluding hydrogens is 221 g/mol. The van der Waals surface area contributed by atoms with E-state index in [1.807, 2.05) is 41.8 Å². The third-order valence-corrected chi connectivity index (χ3v) is 2.84. The molecule has 2 aromatic rings. The van der Waals surface area contributed by atoms with E-state index in [2.05, 4.69) is 0 Å². The Kier molecular flexibility index (Phi) is 3.23. The van der Waals surface area contributed by atoms with E-state index in [0.29, 0.717) is 4.90 Å². The van der Waals surface area contributed by atoms with Crippen molar-refractivity contribution in [1.82, 2.24) is 0 Å². The molecule has 0 aromatic heterocycles. The lowest BCUT2D eigenvalue weighted by Crippen LogP contribution is -1.83. The zero-order chi connectivity index (χ0) is 11.4. The fourth-order valence-corrected chi connectivity index (χ4v) is 1.83. The highest BCUT2D eigenvalue weighted by molar-refractivity contribution is 8.03. The molecule has 0 N–H and O–H groups in total.